The van der Waals surface area contributed by atoms with Crippen molar-refractivity contribution in [1.29, 1.82) is 0 Å². The molecule has 0 saturated carbocycles. The number of ether oxygens (including phenoxy) is 1. The summed E-state index contributed by atoms with van der Waals surface area (Å²) in [7, 11) is -2.42. The minimum absolute atomic E-state index is 0.0283. The minimum atomic E-state index is -3.62. The summed E-state index contributed by atoms with van der Waals surface area (Å²) >= 11 is 5.69. The first kappa shape index (κ1) is 17.7. The average molecular weight is 340 g/mol. The molecular weight excluding hydrogens is 325 g/mol. The molecule has 0 spiro atoms. The number of rotatable bonds is 7. The van der Waals surface area contributed by atoms with Crippen LogP contribution in [0.5, 0.6) is 0 Å². The highest BCUT2D eigenvalue weighted by atomic mass is 35.5. The summed E-state index contributed by atoms with van der Waals surface area (Å²) in [6, 6.07) is 4.30. The highest BCUT2D eigenvalue weighted by molar-refractivity contribution is 7.85. The van der Waals surface area contributed by atoms with E-state index in [0.29, 0.717) is 0 Å². The van der Waals surface area contributed by atoms with Crippen LogP contribution in [-0.2, 0) is 23.8 Å². The molecule has 0 aliphatic rings. The number of esters is 1. The maximum Gasteiger partial charge on any atom is 0.325 e. The van der Waals surface area contributed by atoms with Gasteiger partial charge in [-0.3, -0.25) is 8.98 Å². The van der Waals surface area contributed by atoms with Crippen LogP contribution in [0.3, 0.4) is 0 Å². The van der Waals surface area contributed by atoms with Crippen LogP contribution in [0.4, 0.5) is 10.1 Å². The Hall–Kier alpha value is -1.38. The first-order valence-corrected chi connectivity index (χ1v) is 8.04. The molecule has 21 heavy (non-hydrogen) atoms. The van der Waals surface area contributed by atoms with Gasteiger partial charge >= 0.3 is 5.97 Å². The molecule has 0 N–H and O–H groups in total. The third-order valence-electron chi connectivity index (χ3n) is 2.48. The van der Waals surface area contributed by atoms with Gasteiger partial charge in [-0.15, -0.1) is 0 Å². The third kappa shape index (κ3) is 5.86. The van der Waals surface area contributed by atoms with E-state index in [-0.39, 0.29) is 30.4 Å². The Bertz CT molecular complexity index is 608. The van der Waals surface area contributed by atoms with Crippen LogP contribution in [0.1, 0.15) is 0 Å². The van der Waals surface area contributed by atoms with Crippen LogP contribution in [0.25, 0.3) is 0 Å². The third-order valence-corrected chi connectivity index (χ3v) is 3.36. The summed E-state index contributed by atoms with van der Waals surface area (Å²) in [5.41, 5.74) is 0.0602. The molecule has 0 fully saturated rings. The second-order valence-electron chi connectivity index (χ2n) is 4.10. The van der Waals surface area contributed by atoms with Crippen molar-refractivity contribution >= 4 is 33.4 Å². The van der Waals surface area contributed by atoms with Gasteiger partial charge in [0.2, 0.25) is 0 Å². The molecule has 1 rings (SSSR count). The van der Waals surface area contributed by atoms with Crippen LogP contribution in [-0.4, -0.2) is 47.4 Å². The van der Waals surface area contributed by atoms with Gasteiger partial charge in [0.15, 0.2) is 5.82 Å². The average Bonchev–Trinajstić information content (AvgIpc) is 2.39. The van der Waals surface area contributed by atoms with E-state index in [1.807, 2.05) is 0 Å². The van der Waals surface area contributed by atoms with Gasteiger partial charge in [-0.25, -0.2) is 4.39 Å². The zero-order valence-corrected chi connectivity index (χ0v) is 13.1. The number of carbonyl (C=O) groups is 1. The fraction of sp³-hybridized carbons (Fsp3) is 0.417. The van der Waals surface area contributed by atoms with E-state index in [4.69, 9.17) is 11.6 Å². The number of benzene rings is 1. The van der Waals surface area contributed by atoms with Crippen molar-refractivity contribution < 1.29 is 26.5 Å². The minimum Gasteiger partial charge on any atom is -0.468 e. The van der Waals surface area contributed by atoms with E-state index in [0.717, 1.165) is 6.26 Å². The Morgan fingerprint density at radius 3 is 2.67 bits per heavy atom. The molecule has 0 heterocycles. The van der Waals surface area contributed by atoms with Gasteiger partial charge in [0.05, 0.1) is 30.7 Å². The van der Waals surface area contributed by atoms with Gasteiger partial charge in [0.25, 0.3) is 10.1 Å². The molecule has 1 aromatic carbocycles. The molecular formula is C12H15ClFNO5S. The summed E-state index contributed by atoms with van der Waals surface area (Å²) in [6.45, 7) is -0.526. The number of hydrogen-bond donors (Lipinski definition) is 0. The lowest BCUT2D eigenvalue weighted by Crippen LogP contribution is -2.34. The lowest BCUT2D eigenvalue weighted by molar-refractivity contribution is -0.138. The maximum atomic E-state index is 14.0. The van der Waals surface area contributed by atoms with Crippen molar-refractivity contribution in [2.75, 3.05) is 38.0 Å². The van der Waals surface area contributed by atoms with Gasteiger partial charge in [-0.05, 0) is 12.1 Å². The lowest BCUT2D eigenvalue weighted by Gasteiger charge is -2.23. The standard InChI is InChI=1S/C12H15ClFNO5S/c1-19-11(16)8-15(6-7-20-21(2,17)18)10-5-3-4-9(13)12(10)14/h3-5H,6-8H2,1-2H3. The highest BCUT2D eigenvalue weighted by Gasteiger charge is 2.18. The Kier molecular flexibility index (Phi) is 6.38. The first-order chi connectivity index (χ1) is 9.74. The molecule has 1 aromatic rings. The van der Waals surface area contributed by atoms with Gasteiger partial charge < -0.3 is 9.64 Å². The number of carbonyl (C=O) groups excluding carboxylic acids is 1. The molecule has 0 atom stereocenters. The summed E-state index contributed by atoms with van der Waals surface area (Å²) in [5, 5.41) is -0.105. The van der Waals surface area contributed by atoms with E-state index >= 15 is 0 Å². The van der Waals surface area contributed by atoms with Crippen molar-refractivity contribution in [1.82, 2.24) is 0 Å². The molecule has 0 radical (unpaired) electrons. The van der Waals surface area contributed by atoms with Gasteiger partial charge in [-0.1, -0.05) is 17.7 Å². The fourth-order valence-corrected chi connectivity index (χ4v) is 2.09. The quantitative estimate of drug-likeness (QED) is 0.553. The van der Waals surface area contributed by atoms with E-state index in [9.17, 15) is 17.6 Å². The van der Waals surface area contributed by atoms with Crippen LogP contribution < -0.4 is 4.90 Å². The fourth-order valence-electron chi connectivity index (χ4n) is 1.54. The molecule has 0 bridgehead atoms. The smallest absolute Gasteiger partial charge is 0.325 e. The second kappa shape index (κ2) is 7.58. The van der Waals surface area contributed by atoms with Crippen LogP contribution in [0.15, 0.2) is 18.2 Å². The van der Waals surface area contributed by atoms with E-state index in [1.165, 1.54) is 30.2 Å². The molecule has 118 valence electrons. The first-order valence-electron chi connectivity index (χ1n) is 5.85. The van der Waals surface area contributed by atoms with E-state index < -0.39 is 21.9 Å². The summed E-state index contributed by atoms with van der Waals surface area (Å²) in [6.07, 6.45) is 0.900. The number of anilines is 1. The van der Waals surface area contributed by atoms with Crippen molar-refractivity contribution in [2.45, 2.75) is 0 Å². The maximum absolute atomic E-state index is 14.0. The molecule has 0 aliphatic carbocycles. The Labute approximate surface area is 127 Å². The molecule has 9 heteroatoms. The van der Waals surface area contributed by atoms with E-state index in [2.05, 4.69) is 8.92 Å². The normalized spacial score (nSPS) is 11.2. The van der Waals surface area contributed by atoms with Crippen molar-refractivity contribution in [2.24, 2.45) is 0 Å². The summed E-state index contributed by atoms with van der Waals surface area (Å²) in [4.78, 5) is 12.7. The van der Waals surface area contributed by atoms with Gasteiger partial charge in [-0.2, -0.15) is 8.42 Å². The van der Waals surface area contributed by atoms with E-state index in [1.54, 1.807) is 0 Å². The molecule has 6 nitrogen and oxygen atoms in total. The monoisotopic (exact) mass is 339 g/mol. The Morgan fingerprint density at radius 2 is 2.10 bits per heavy atom. The summed E-state index contributed by atoms with van der Waals surface area (Å²) < 4.78 is 44.9. The molecule has 0 aromatic heterocycles. The Morgan fingerprint density at radius 1 is 1.43 bits per heavy atom. The SMILES string of the molecule is COC(=O)CN(CCOS(C)(=O)=O)c1cccc(Cl)c1F. The summed E-state index contributed by atoms with van der Waals surface area (Å²) in [5.74, 6) is -1.31. The van der Waals surface area contributed by atoms with Crippen LogP contribution >= 0.6 is 11.6 Å². The van der Waals surface area contributed by atoms with Crippen LogP contribution in [0.2, 0.25) is 5.02 Å². The van der Waals surface area contributed by atoms with Crippen molar-refractivity contribution in [3.8, 4) is 0 Å². The highest BCUT2D eigenvalue weighted by Crippen LogP contribution is 2.25. The molecule has 0 unspecified atom stereocenters. The number of halogens is 2. The predicted molar refractivity (Wildman–Crippen MR) is 76.4 cm³/mol. The lowest BCUT2D eigenvalue weighted by atomic mass is 10.2. The van der Waals surface area contributed by atoms with Crippen molar-refractivity contribution in [3.05, 3.63) is 29.0 Å². The predicted octanol–water partition coefficient (Wildman–Crippen LogP) is 1.43. The zero-order valence-electron chi connectivity index (χ0n) is 11.5. The Balaban J connectivity index is 2.91. The zero-order chi connectivity index (χ0) is 16.0. The number of nitrogens with zero attached hydrogens (tertiary/aromatic N) is 1. The van der Waals surface area contributed by atoms with Gasteiger partial charge in [0, 0.05) is 6.54 Å². The van der Waals surface area contributed by atoms with Crippen LogP contribution in [0, 0.1) is 5.82 Å². The second-order valence-corrected chi connectivity index (χ2v) is 6.15. The molecule has 0 saturated heterocycles. The largest absolute Gasteiger partial charge is 0.468 e. The van der Waals surface area contributed by atoms with Crippen molar-refractivity contribution in [3.63, 3.8) is 0 Å². The molecule has 0 aliphatic heterocycles. The molecule has 0 amide bonds. The number of hydrogen-bond acceptors (Lipinski definition) is 6. The number of methoxy groups -OCH3 is 1. The van der Waals surface area contributed by atoms with Gasteiger partial charge in [0.1, 0.15) is 6.54 Å². The topological polar surface area (TPSA) is 72.9 Å².